The molecular formula is C18H11ClF3NO2. The Morgan fingerprint density at radius 3 is 2.56 bits per heavy atom. The van der Waals surface area contributed by atoms with Crippen molar-refractivity contribution in [2.24, 2.45) is 0 Å². The van der Waals surface area contributed by atoms with Crippen molar-refractivity contribution in [3.8, 4) is 11.3 Å². The zero-order valence-corrected chi connectivity index (χ0v) is 13.7. The molecule has 0 unspecified atom stereocenters. The molecule has 0 saturated carbocycles. The minimum Gasteiger partial charge on any atom is -0.465 e. The van der Waals surface area contributed by atoms with Crippen LogP contribution < -0.4 is 0 Å². The lowest BCUT2D eigenvalue weighted by atomic mass is 10.1. The Kier molecular flexibility index (Phi) is 4.39. The standard InChI is InChI=1S/C18H11ClF3NO2/c1-25-17(24)11-5-6-13-14(19)9-15(23-16(13)8-11)10-3-2-4-12(7-10)18(20,21)22/h2-9H,1H3. The number of benzene rings is 2. The zero-order chi connectivity index (χ0) is 18.2. The molecule has 1 aromatic heterocycles. The van der Waals surface area contributed by atoms with Crippen molar-refractivity contribution in [1.29, 1.82) is 0 Å². The van der Waals surface area contributed by atoms with Crippen molar-refractivity contribution < 1.29 is 22.7 Å². The largest absolute Gasteiger partial charge is 0.465 e. The predicted molar refractivity (Wildman–Crippen MR) is 88.5 cm³/mol. The summed E-state index contributed by atoms with van der Waals surface area (Å²) in [4.78, 5) is 16.0. The summed E-state index contributed by atoms with van der Waals surface area (Å²) in [6.07, 6.45) is -4.45. The summed E-state index contributed by atoms with van der Waals surface area (Å²) in [6.45, 7) is 0. The lowest BCUT2D eigenvalue weighted by Crippen LogP contribution is -2.04. The van der Waals surface area contributed by atoms with Gasteiger partial charge in [-0.1, -0.05) is 29.8 Å². The van der Waals surface area contributed by atoms with Crippen LogP contribution in [0.1, 0.15) is 15.9 Å². The molecule has 0 aliphatic heterocycles. The predicted octanol–water partition coefficient (Wildman–Crippen LogP) is 5.36. The highest BCUT2D eigenvalue weighted by atomic mass is 35.5. The molecule has 0 N–H and O–H groups in total. The normalized spacial score (nSPS) is 11.6. The number of carbonyl (C=O) groups is 1. The van der Waals surface area contributed by atoms with Gasteiger partial charge in [-0.25, -0.2) is 9.78 Å². The highest BCUT2D eigenvalue weighted by Gasteiger charge is 2.30. The molecule has 0 amide bonds. The van der Waals surface area contributed by atoms with Crippen LogP contribution in [-0.2, 0) is 10.9 Å². The maximum Gasteiger partial charge on any atom is 0.416 e. The number of halogens is 4. The third kappa shape index (κ3) is 3.44. The lowest BCUT2D eigenvalue weighted by molar-refractivity contribution is -0.137. The van der Waals surface area contributed by atoms with E-state index in [2.05, 4.69) is 9.72 Å². The summed E-state index contributed by atoms with van der Waals surface area (Å²) >= 11 is 6.23. The second-order valence-electron chi connectivity index (χ2n) is 5.29. The van der Waals surface area contributed by atoms with Gasteiger partial charge in [-0.3, -0.25) is 0 Å². The van der Waals surface area contributed by atoms with E-state index < -0.39 is 17.7 Å². The highest BCUT2D eigenvalue weighted by molar-refractivity contribution is 6.35. The molecule has 0 spiro atoms. The van der Waals surface area contributed by atoms with Crippen molar-refractivity contribution >= 4 is 28.5 Å². The van der Waals surface area contributed by atoms with Crippen LogP contribution in [0, 0.1) is 0 Å². The molecule has 0 bridgehead atoms. The molecule has 3 aromatic rings. The number of carbonyl (C=O) groups excluding carboxylic acids is 1. The van der Waals surface area contributed by atoms with Crippen LogP contribution in [0.2, 0.25) is 5.02 Å². The first-order chi connectivity index (χ1) is 11.8. The SMILES string of the molecule is COC(=O)c1ccc2c(Cl)cc(-c3cccc(C(F)(F)F)c3)nc2c1. The van der Waals surface area contributed by atoms with Crippen LogP contribution in [0.5, 0.6) is 0 Å². The van der Waals surface area contributed by atoms with Gasteiger partial charge in [0.25, 0.3) is 0 Å². The van der Waals surface area contributed by atoms with Gasteiger partial charge < -0.3 is 4.74 Å². The quantitative estimate of drug-likeness (QED) is 0.574. The Labute approximate surface area is 146 Å². The average molecular weight is 366 g/mol. The fraction of sp³-hybridized carbons (Fsp3) is 0.111. The van der Waals surface area contributed by atoms with E-state index in [0.717, 1.165) is 12.1 Å². The van der Waals surface area contributed by atoms with Crippen LogP contribution >= 0.6 is 11.6 Å². The van der Waals surface area contributed by atoms with E-state index in [1.165, 1.54) is 31.4 Å². The zero-order valence-electron chi connectivity index (χ0n) is 12.9. The molecule has 0 saturated heterocycles. The van der Waals surface area contributed by atoms with E-state index in [1.54, 1.807) is 12.1 Å². The molecule has 1 heterocycles. The number of hydrogen-bond acceptors (Lipinski definition) is 3. The number of ether oxygens (including phenoxy) is 1. The summed E-state index contributed by atoms with van der Waals surface area (Å²) in [5.41, 5.74) is 0.460. The number of fused-ring (bicyclic) bond motifs is 1. The van der Waals surface area contributed by atoms with Gasteiger partial charge in [0.15, 0.2) is 0 Å². The van der Waals surface area contributed by atoms with E-state index in [-0.39, 0.29) is 16.8 Å². The van der Waals surface area contributed by atoms with Gasteiger partial charge in [0, 0.05) is 10.9 Å². The van der Waals surface area contributed by atoms with Crippen molar-refractivity contribution in [2.75, 3.05) is 7.11 Å². The Morgan fingerprint density at radius 1 is 1.12 bits per heavy atom. The van der Waals surface area contributed by atoms with Crippen molar-refractivity contribution in [1.82, 2.24) is 4.98 Å². The van der Waals surface area contributed by atoms with Gasteiger partial charge in [0.2, 0.25) is 0 Å². The topological polar surface area (TPSA) is 39.2 Å². The summed E-state index contributed by atoms with van der Waals surface area (Å²) in [7, 11) is 1.26. The smallest absolute Gasteiger partial charge is 0.416 e. The molecular weight excluding hydrogens is 355 g/mol. The van der Waals surface area contributed by atoms with Crippen LogP contribution in [0.15, 0.2) is 48.5 Å². The molecule has 2 aromatic carbocycles. The van der Waals surface area contributed by atoms with Crippen LogP contribution in [0.3, 0.4) is 0 Å². The molecule has 7 heteroatoms. The molecule has 0 fully saturated rings. The maximum absolute atomic E-state index is 12.9. The van der Waals surface area contributed by atoms with Crippen molar-refractivity contribution in [2.45, 2.75) is 6.18 Å². The van der Waals surface area contributed by atoms with Gasteiger partial charge >= 0.3 is 12.1 Å². The molecule has 0 radical (unpaired) electrons. The number of alkyl halides is 3. The second-order valence-corrected chi connectivity index (χ2v) is 5.70. The van der Waals surface area contributed by atoms with Gasteiger partial charge in [-0.15, -0.1) is 0 Å². The minimum absolute atomic E-state index is 0.278. The Bertz CT molecular complexity index is 970. The summed E-state index contributed by atoms with van der Waals surface area (Å²) in [6, 6.07) is 11.0. The molecule has 25 heavy (non-hydrogen) atoms. The summed E-state index contributed by atoms with van der Waals surface area (Å²) < 4.78 is 43.4. The lowest BCUT2D eigenvalue weighted by Gasteiger charge is -2.10. The maximum atomic E-state index is 12.9. The number of esters is 1. The van der Waals surface area contributed by atoms with E-state index in [4.69, 9.17) is 11.6 Å². The molecule has 3 rings (SSSR count). The first kappa shape index (κ1) is 17.2. The molecule has 3 nitrogen and oxygen atoms in total. The number of aromatic nitrogens is 1. The average Bonchev–Trinajstić information content (AvgIpc) is 2.59. The van der Waals surface area contributed by atoms with Gasteiger partial charge in [0.05, 0.1) is 34.5 Å². The van der Waals surface area contributed by atoms with E-state index in [1.807, 2.05) is 0 Å². The van der Waals surface area contributed by atoms with Gasteiger partial charge in [-0.05, 0) is 30.3 Å². The monoisotopic (exact) mass is 365 g/mol. The second kappa shape index (κ2) is 6.37. The third-order valence-corrected chi connectivity index (χ3v) is 3.98. The number of pyridine rings is 1. The van der Waals surface area contributed by atoms with Crippen molar-refractivity contribution in [3.05, 3.63) is 64.7 Å². The first-order valence-electron chi connectivity index (χ1n) is 7.16. The van der Waals surface area contributed by atoms with Crippen LogP contribution in [0.4, 0.5) is 13.2 Å². The molecule has 0 aliphatic carbocycles. The Balaban J connectivity index is 2.15. The minimum atomic E-state index is -4.45. The third-order valence-electron chi connectivity index (χ3n) is 3.67. The van der Waals surface area contributed by atoms with Crippen LogP contribution in [-0.4, -0.2) is 18.1 Å². The highest BCUT2D eigenvalue weighted by Crippen LogP contribution is 2.33. The van der Waals surface area contributed by atoms with Gasteiger partial charge in [0.1, 0.15) is 0 Å². The molecule has 128 valence electrons. The van der Waals surface area contributed by atoms with E-state index >= 15 is 0 Å². The number of hydrogen-bond donors (Lipinski definition) is 0. The Hall–Kier alpha value is -2.60. The summed E-state index contributed by atoms with van der Waals surface area (Å²) in [5, 5.41) is 0.916. The van der Waals surface area contributed by atoms with Crippen LogP contribution in [0.25, 0.3) is 22.2 Å². The fourth-order valence-electron chi connectivity index (χ4n) is 2.43. The van der Waals surface area contributed by atoms with E-state index in [9.17, 15) is 18.0 Å². The fourth-order valence-corrected chi connectivity index (χ4v) is 2.70. The Morgan fingerprint density at radius 2 is 1.88 bits per heavy atom. The first-order valence-corrected chi connectivity index (χ1v) is 7.53. The number of methoxy groups -OCH3 is 1. The van der Waals surface area contributed by atoms with Crippen molar-refractivity contribution in [3.63, 3.8) is 0 Å². The van der Waals surface area contributed by atoms with E-state index in [0.29, 0.717) is 15.9 Å². The molecule has 0 atom stereocenters. The number of nitrogens with zero attached hydrogens (tertiary/aromatic N) is 1. The summed E-state index contributed by atoms with van der Waals surface area (Å²) in [5.74, 6) is -0.538. The van der Waals surface area contributed by atoms with Gasteiger partial charge in [-0.2, -0.15) is 13.2 Å². The number of rotatable bonds is 2. The molecule has 0 aliphatic rings.